The summed E-state index contributed by atoms with van der Waals surface area (Å²) in [6, 6.07) is 13.3. The first-order chi connectivity index (χ1) is 12.6. The van der Waals surface area contributed by atoms with Crippen molar-refractivity contribution in [2.75, 3.05) is 10.6 Å². The van der Waals surface area contributed by atoms with Crippen LogP contribution in [0.4, 0.5) is 16.2 Å². The first-order valence-electron chi connectivity index (χ1n) is 8.84. The van der Waals surface area contributed by atoms with E-state index in [0.717, 1.165) is 11.5 Å². The van der Waals surface area contributed by atoms with E-state index in [0.29, 0.717) is 23.7 Å². The third-order valence-electron chi connectivity index (χ3n) is 4.65. The molecule has 2 aliphatic rings. The molecular formula is C20H21N3O3. The minimum absolute atomic E-state index is 0.200. The molecule has 2 aromatic rings. The number of hydrogen-bond acceptors (Lipinski definition) is 3. The quantitative estimate of drug-likeness (QED) is 0.787. The summed E-state index contributed by atoms with van der Waals surface area (Å²) in [6.45, 7) is 2.15. The Kier molecular flexibility index (Phi) is 4.24. The summed E-state index contributed by atoms with van der Waals surface area (Å²) in [6.07, 6.45) is 2.05. The minimum Gasteiger partial charge on any atom is -0.479 e. The molecule has 3 amide bonds. The highest BCUT2D eigenvalue weighted by Gasteiger charge is 2.24. The summed E-state index contributed by atoms with van der Waals surface area (Å²) >= 11 is 0. The molecule has 0 aromatic heterocycles. The van der Waals surface area contributed by atoms with Crippen molar-refractivity contribution in [2.45, 2.75) is 38.3 Å². The van der Waals surface area contributed by atoms with Gasteiger partial charge in [0, 0.05) is 12.2 Å². The number of carbonyl (C=O) groups is 2. The van der Waals surface area contributed by atoms with Crippen LogP contribution < -0.4 is 20.7 Å². The average molecular weight is 351 g/mol. The summed E-state index contributed by atoms with van der Waals surface area (Å²) in [5, 5.41) is 8.37. The second-order valence-electron chi connectivity index (χ2n) is 6.78. The molecule has 1 heterocycles. The van der Waals surface area contributed by atoms with Crippen molar-refractivity contribution in [3.63, 3.8) is 0 Å². The van der Waals surface area contributed by atoms with E-state index in [2.05, 4.69) is 40.2 Å². The Bertz CT molecular complexity index is 844. The second kappa shape index (κ2) is 6.71. The number of carbonyl (C=O) groups excluding carboxylic acids is 2. The van der Waals surface area contributed by atoms with E-state index in [4.69, 9.17) is 4.74 Å². The van der Waals surface area contributed by atoms with Crippen molar-refractivity contribution >= 4 is 23.3 Å². The van der Waals surface area contributed by atoms with Crippen molar-refractivity contribution in [3.8, 4) is 5.75 Å². The molecule has 2 aromatic carbocycles. The Hall–Kier alpha value is -3.02. The van der Waals surface area contributed by atoms with Gasteiger partial charge in [0.1, 0.15) is 5.75 Å². The highest BCUT2D eigenvalue weighted by atomic mass is 16.5. The van der Waals surface area contributed by atoms with Crippen molar-refractivity contribution in [2.24, 2.45) is 0 Å². The lowest BCUT2D eigenvalue weighted by Gasteiger charge is -2.23. The Morgan fingerprint density at radius 2 is 1.96 bits per heavy atom. The molecule has 26 heavy (non-hydrogen) atoms. The van der Waals surface area contributed by atoms with Crippen LogP contribution in [0.25, 0.3) is 0 Å². The van der Waals surface area contributed by atoms with Gasteiger partial charge in [0.05, 0.1) is 5.69 Å². The number of urea groups is 1. The van der Waals surface area contributed by atoms with Crippen molar-refractivity contribution in [3.05, 3.63) is 53.6 Å². The average Bonchev–Trinajstić information content (AvgIpc) is 3.47. The molecule has 6 heteroatoms. The number of nitrogens with one attached hydrogen (secondary N) is 3. The van der Waals surface area contributed by atoms with E-state index >= 15 is 0 Å². The molecule has 1 saturated carbocycles. The summed E-state index contributed by atoms with van der Waals surface area (Å²) < 4.78 is 5.50. The van der Waals surface area contributed by atoms with Crippen molar-refractivity contribution in [1.29, 1.82) is 0 Å². The summed E-state index contributed by atoms with van der Waals surface area (Å²) in [5.74, 6) is 1.13. The molecule has 1 atom stereocenters. The Morgan fingerprint density at radius 3 is 2.69 bits per heavy atom. The Labute approximate surface area is 151 Å². The van der Waals surface area contributed by atoms with Gasteiger partial charge in [0.15, 0.2) is 6.10 Å². The molecule has 6 nitrogen and oxygen atoms in total. The van der Waals surface area contributed by atoms with Gasteiger partial charge in [-0.2, -0.15) is 0 Å². The van der Waals surface area contributed by atoms with Gasteiger partial charge in [0.2, 0.25) is 0 Å². The van der Waals surface area contributed by atoms with Crippen LogP contribution in [0.3, 0.4) is 0 Å². The fourth-order valence-electron chi connectivity index (χ4n) is 2.97. The smallest absolute Gasteiger partial charge is 0.319 e. The highest BCUT2D eigenvalue weighted by Crippen LogP contribution is 2.39. The fourth-order valence-corrected chi connectivity index (χ4v) is 2.97. The SMILES string of the molecule is CC1Oc2ccc(NC(=O)NCc3ccc(C4CC4)cc3)cc2NC1=O. The van der Waals surface area contributed by atoms with E-state index in [1.807, 2.05) is 0 Å². The highest BCUT2D eigenvalue weighted by molar-refractivity contribution is 5.99. The zero-order valence-corrected chi connectivity index (χ0v) is 14.5. The van der Waals surface area contributed by atoms with E-state index in [9.17, 15) is 9.59 Å². The first-order valence-corrected chi connectivity index (χ1v) is 8.84. The molecule has 1 fully saturated rings. The number of amides is 3. The largest absolute Gasteiger partial charge is 0.479 e. The van der Waals surface area contributed by atoms with Crippen LogP contribution in [0.2, 0.25) is 0 Å². The van der Waals surface area contributed by atoms with Gasteiger partial charge >= 0.3 is 6.03 Å². The van der Waals surface area contributed by atoms with Crippen LogP contribution in [0.5, 0.6) is 5.75 Å². The third kappa shape index (κ3) is 3.64. The molecule has 0 spiro atoms. The molecule has 0 saturated heterocycles. The lowest BCUT2D eigenvalue weighted by atomic mass is 10.1. The first kappa shape index (κ1) is 16.4. The zero-order valence-electron chi connectivity index (χ0n) is 14.5. The second-order valence-corrected chi connectivity index (χ2v) is 6.78. The number of hydrogen-bond donors (Lipinski definition) is 3. The number of ether oxygens (including phenoxy) is 1. The van der Waals surface area contributed by atoms with Gasteiger partial charge in [-0.3, -0.25) is 4.79 Å². The molecule has 0 radical (unpaired) electrons. The number of benzene rings is 2. The van der Waals surface area contributed by atoms with E-state index < -0.39 is 6.10 Å². The minimum atomic E-state index is -0.518. The third-order valence-corrected chi connectivity index (χ3v) is 4.65. The number of rotatable bonds is 4. The molecule has 3 N–H and O–H groups in total. The topological polar surface area (TPSA) is 79.5 Å². The molecule has 1 aliphatic carbocycles. The van der Waals surface area contributed by atoms with Gasteiger partial charge in [-0.05, 0) is 55.0 Å². The van der Waals surface area contributed by atoms with Crippen LogP contribution >= 0.6 is 0 Å². The van der Waals surface area contributed by atoms with Gasteiger partial charge < -0.3 is 20.7 Å². The molecule has 0 bridgehead atoms. The van der Waals surface area contributed by atoms with E-state index in [1.165, 1.54) is 18.4 Å². The maximum absolute atomic E-state index is 12.1. The van der Waals surface area contributed by atoms with Gasteiger partial charge in [-0.1, -0.05) is 24.3 Å². The standard InChI is InChI=1S/C20H21N3O3/c1-12-19(24)23-17-10-16(8-9-18(17)26-12)22-20(25)21-11-13-2-4-14(5-3-13)15-6-7-15/h2-5,8-10,12,15H,6-7,11H2,1H3,(H,23,24)(H2,21,22,25). The molecule has 1 unspecified atom stereocenters. The maximum atomic E-state index is 12.1. The Balaban J connectivity index is 1.33. The lowest BCUT2D eigenvalue weighted by Crippen LogP contribution is -2.34. The summed E-state index contributed by atoms with van der Waals surface area (Å²) in [7, 11) is 0. The van der Waals surface area contributed by atoms with Crippen molar-refractivity contribution in [1.82, 2.24) is 5.32 Å². The van der Waals surface area contributed by atoms with Crippen LogP contribution in [0, 0.1) is 0 Å². The molecule has 1 aliphatic heterocycles. The van der Waals surface area contributed by atoms with Crippen LogP contribution in [0.15, 0.2) is 42.5 Å². The Morgan fingerprint density at radius 1 is 1.19 bits per heavy atom. The predicted octanol–water partition coefficient (Wildman–Crippen LogP) is 3.61. The van der Waals surface area contributed by atoms with Crippen LogP contribution in [-0.4, -0.2) is 18.0 Å². The normalized spacial score (nSPS) is 18.3. The molecule has 134 valence electrons. The van der Waals surface area contributed by atoms with Gasteiger partial charge in [-0.15, -0.1) is 0 Å². The van der Waals surface area contributed by atoms with Crippen LogP contribution in [-0.2, 0) is 11.3 Å². The maximum Gasteiger partial charge on any atom is 0.319 e. The van der Waals surface area contributed by atoms with Crippen molar-refractivity contribution < 1.29 is 14.3 Å². The zero-order chi connectivity index (χ0) is 18.1. The molecule has 4 rings (SSSR count). The summed E-state index contributed by atoms with van der Waals surface area (Å²) in [5.41, 5.74) is 3.58. The lowest BCUT2D eigenvalue weighted by molar-refractivity contribution is -0.122. The van der Waals surface area contributed by atoms with E-state index in [1.54, 1.807) is 25.1 Å². The van der Waals surface area contributed by atoms with Gasteiger partial charge in [-0.25, -0.2) is 4.79 Å². The van der Waals surface area contributed by atoms with Gasteiger partial charge in [0.25, 0.3) is 5.91 Å². The monoisotopic (exact) mass is 351 g/mol. The molecular weight excluding hydrogens is 330 g/mol. The predicted molar refractivity (Wildman–Crippen MR) is 99.4 cm³/mol. The van der Waals surface area contributed by atoms with Crippen LogP contribution in [0.1, 0.15) is 36.8 Å². The number of anilines is 2. The summed E-state index contributed by atoms with van der Waals surface area (Å²) in [4.78, 5) is 23.8. The fraction of sp³-hybridized carbons (Fsp3) is 0.300. The van der Waals surface area contributed by atoms with E-state index in [-0.39, 0.29) is 11.9 Å². The number of fused-ring (bicyclic) bond motifs is 1.